The van der Waals surface area contributed by atoms with Crippen molar-refractivity contribution in [1.82, 2.24) is 10.6 Å². The summed E-state index contributed by atoms with van der Waals surface area (Å²) in [7, 11) is 0. The normalized spacial score (nSPS) is 19.7. The summed E-state index contributed by atoms with van der Waals surface area (Å²) in [5, 5.41) is 5.14. The number of amides is 1. The van der Waals surface area contributed by atoms with Crippen LogP contribution in [0.4, 0.5) is 10.1 Å². The van der Waals surface area contributed by atoms with Crippen LogP contribution in [0, 0.1) is 11.7 Å². The predicted octanol–water partition coefficient (Wildman–Crippen LogP) is 0.374. The van der Waals surface area contributed by atoms with Crippen LogP contribution in [0.2, 0.25) is 0 Å². The molecule has 0 spiro atoms. The first-order valence-electron chi connectivity index (χ1n) is 8.12. The van der Waals surface area contributed by atoms with Gasteiger partial charge in [0.05, 0.1) is 11.6 Å². The Labute approximate surface area is 148 Å². The Morgan fingerprint density at radius 2 is 2.08 bits per heavy atom. The van der Waals surface area contributed by atoms with Crippen LogP contribution in [0.1, 0.15) is 23.2 Å². The van der Waals surface area contributed by atoms with Crippen molar-refractivity contribution in [3.63, 3.8) is 0 Å². The molecule has 0 radical (unpaired) electrons. The van der Waals surface area contributed by atoms with Gasteiger partial charge in [-0.25, -0.2) is 14.0 Å². The number of allylic oxidation sites excluding steroid dienone is 1. The molecule has 1 aromatic rings. The third-order valence-electron chi connectivity index (χ3n) is 4.52. The summed E-state index contributed by atoms with van der Waals surface area (Å²) in [6, 6.07) is 3.55. The predicted molar refractivity (Wildman–Crippen MR) is 90.2 cm³/mol. The molecule has 0 aromatic heterocycles. The highest BCUT2D eigenvalue weighted by molar-refractivity contribution is 5.95. The Hall–Kier alpha value is -3.21. The fourth-order valence-corrected chi connectivity index (χ4v) is 2.99. The minimum Gasteiger partial charge on any atom is -0.370 e. The van der Waals surface area contributed by atoms with Crippen LogP contribution in [0.3, 0.4) is 0 Å². The Morgan fingerprint density at radius 1 is 1.31 bits per heavy atom. The molecule has 1 atom stereocenters. The first-order valence-corrected chi connectivity index (χ1v) is 8.12. The first kappa shape index (κ1) is 17.6. The zero-order chi connectivity index (χ0) is 18.7. The van der Waals surface area contributed by atoms with Crippen molar-refractivity contribution in [2.75, 3.05) is 18.0 Å². The minimum atomic E-state index is -0.691. The van der Waals surface area contributed by atoms with E-state index in [1.54, 1.807) is 17.9 Å². The van der Waals surface area contributed by atoms with Gasteiger partial charge in [-0.3, -0.25) is 4.79 Å². The van der Waals surface area contributed by atoms with Crippen molar-refractivity contribution in [1.29, 1.82) is 0 Å². The minimum absolute atomic E-state index is 0.0143. The van der Waals surface area contributed by atoms with E-state index in [2.05, 4.69) is 10.6 Å². The SMILES string of the molecule is O=C=C1CC[C@H](NC(=O)c2ccc(N3CC(C=O)C3)cc2F)C(=C=O)N1. The molecule has 2 fully saturated rings. The lowest BCUT2D eigenvalue weighted by atomic mass is 10.00. The molecular formula is C18H16FN3O4. The van der Waals surface area contributed by atoms with Crippen LogP contribution in [-0.2, 0) is 14.4 Å². The average Bonchev–Trinajstić information content (AvgIpc) is 2.61. The van der Waals surface area contributed by atoms with Crippen molar-refractivity contribution in [3.05, 3.63) is 41.0 Å². The van der Waals surface area contributed by atoms with Crippen LogP contribution >= 0.6 is 0 Å². The van der Waals surface area contributed by atoms with Gasteiger partial charge in [-0.15, -0.1) is 0 Å². The van der Waals surface area contributed by atoms with Gasteiger partial charge in [-0.2, -0.15) is 0 Å². The second-order valence-electron chi connectivity index (χ2n) is 6.25. The topological polar surface area (TPSA) is 95.6 Å². The number of benzene rings is 1. The van der Waals surface area contributed by atoms with E-state index in [1.165, 1.54) is 12.1 Å². The van der Waals surface area contributed by atoms with E-state index in [1.807, 2.05) is 4.90 Å². The van der Waals surface area contributed by atoms with Gasteiger partial charge in [0.2, 0.25) is 0 Å². The summed E-state index contributed by atoms with van der Waals surface area (Å²) in [5.41, 5.74) is 0.682. The molecular weight excluding hydrogens is 341 g/mol. The molecule has 0 aliphatic carbocycles. The number of anilines is 1. The van der Waals surface area contributed by atoms with Gasteiger partial charge in [0.25, 0.3) is 5.91 Å². The summed E-state index contributed by atoms with van der Waals surface area (Å²) in [5.74, 6) is 1.93. The van der Waals surface area contributed by atoms with E-state index in [4.69, 9.17) is 0 Å². The summed E-state index contributed by atoms with van der Waals surface area (Å²) < 4.78 is 14.3. The summed E-state index contributed by atoms with van der Waals surface area (Å²) in [6.45, 7) is 1.06. The second kappa shape index (κ2) is 7.35. The summed E-state index contributed by atoms with van der Waals surface area (Å²) in [4.78, 5) is 46.5. The molecule has 1 aromatic carbocycles. The Balaban J connectivity index is 1.69. The molecule has 0 unspecified atom stereocenters. The smallest absolute Gasteiger partial charge is 0.254 e. The largest absolute Gasteiger partial charge is 0.370 e. The number of nitrogens with one attached hydrogen (secondary N) is 2. The summed E-state index contributed by atoms with van der Waals surface area (Å²) >= 11 is 0. The molecule has 0 bridgehead atoms. The average molecular weight is 357 g/mol. The second-order valence-corrected chi connectivity index (χ2v) is 6.25. The Kier molecular flexibility index (Phi) is 4.98. The number of rotatable bonds is 4. The molecule has 2 N–H and O–H groups in total. The van der Waals surface area contributed by atoms with Crippen LogP contribution in [0.5, 0.6) is 0 Å². The van der Waals surface area contributed by atoms with Crippen molar-refractivity contribution < 1.29 is 23.6 Å². The first-order chi connectivity index (χ1) is 12.5. The van der Waals surface area contributed by atoms with Crippen molar-refractivity contribution in [2.24, 2.45) is 5.92 Å². The molecule has 2 heterocycles. The van der Waals surface area contributed by atoms with Gasteiger partial charge >= 0.3 is 0 Å². The standard InChI is InChI=1S/C18H16FN3O4/c19-15-5-13(22-6-11(7-22)8-23)2-3-14(15)18(26)21-16-4-1-12(9-24)20-17(16)10-25/h2-3,5,8,11,16,20H,1,4,6-7H2,(H,21,26)/t16-/m0/s1. The van der Waals surface area contributed by atoms with Crippen molar-refractivity contribution in [3.8, 4) is 0 Å². The Bertz CT molecular complexity index is 850. The number of halogens is 1. The van der Waals surface area contributed by atoms with Crippen molar-refractivity contribution >= 4 is 29.8 Å². The monoisotopic (exact) mass is 357 g/mol. The van der Waals surface area contributed by atoms with Gasteiger partial charge in [0, 0.05) is 31.1 Å². The lowest BCUT2D eigenvalue weighted by Crippen LogP contribution is -2.47. The van der Waals surface area contributed by atoms with E-state index < -0.39 is 17.8 Å². The van der Waals surface area contributed by atoms with Gasteiger partial charge < -0.3 is 20.3 Å². The third-order valence-corrected chi connectivity index (χ3v) is 4.52. The number of carbonyl (C=O) groups is 2. The molecule has 1 amide bonds. The highest BCUT2D eigenvalue weighted by Crippen LogP contribution is 2.26. The van der Waals surface area contributed by atoms with Gasteiger partial charge in [0.15, 0.2) is 0 Å². The van der Waals surface area contributed by atoms with E-state index in [-0.39, 0.29) is 22.9 Å². The number of hydrogen-bond donors (Lipinski definition) is 2. The highest BCUT2D eigenvalue weighted by atomic mass is 19.1. The third kappa shape index (κ3) is 3.42. The quantitative estimate of drug-likeness (QED) is 0.597. The van der Waals surface area contributed by atoms with E-state index in [0.717, 1.165) is 6.29 Å². The number of nitrogens with zero attached hydrogens (tertiary/aromatic N) is 1. The number of carbonyl (C=O) groups excluding carboxylic acids is 4. The molecule has 8 heteroatoms. The van der Waals surface area contributed by atoms with Crippen molar-refractivity contribution in [2.45, 2.75) is 18.9 Å². The number of piperidine rings is 1. The summed E-state index contributed by atoms with van der Waals surface area (Å²) in [6.07, 6.45) is 1.50. The molecule has 2 aliphatic heterocycles. The van der Waals surface area contributed by atoms with Crippen LogP contribution in [0.15, 0.2) is 29.6 Å². The molecule has 7 nitrogen and oxygen atoms in total. The van der Waals surface area contributed by atoms with Gasteiger partial charge in [-0.05, 0) is 24.6 Å². The van der Waals surface area contributed by atoms with Crippen LogP contribution in [0.25, 0.3) is 0 Å². The fourth-order valence-electron chi connectivity index (χ4n) is 2.99. The highest BCUT2D eigenvalue weighted by Gasteiger charge is 2.28. The zero-order valence-corrected chi connectivity index (χ0v) is 13.8. The molecule has 134 valence electrons. The van der Waals surface area contributed by atoms with E-state index >= 15 is 0 Å². The van der Waals surface area contributed by atoms with Crippen LogP contribution < -0.4 is 15.5 Å². The lowest BCUT2D eigenvalue weighted by Gasteiger charge is -2.38. The number of hydrogen-bond acceptors (Lipinski definition) is 6. The van der Waals surface area contributed by atoms with E-state index in [0.29, 0.717) is 31.6 Å². The van der Waals surface area contributed by atoms with Gasteiger partial charge in [0.1, 0.15) is 35.4 Å². The van der Waals surface area contributed by atoms with Crippen LogP contribution in [-0.4, -0.2) is 43.2 Å². The maximum absolute atomic E-state index is 14.3. The zero-order valence-electron chi connectivity index (χ0n) is 13.8. The molecule has 26 heavy (non-hydrogen) atoms. The molecule has 0 saturated carbocycles. The maximum atomic E-state index is 14.3. The van der Waals surface area contributed by atoms with E-state index in [9.17, 15) is 23.6 Å². The Morgan fingerprint density at radius 3 is 2.69 bits per heavy atom. The number of aldehydes is 1. The molecule has 2 saturated heterocycles. The molecule has 3 rings (SSSR count). The van der Waals surface area contributed by atoms with Gasteiger partial charge in [-0.1, -0.05) is 0 Å². The lowest BCUT2D eigenvalue weighted by molar-refractivity contribution is -0.111. The fraction of sp³-hybridized carbons (Fsp3) is 0.333. The maximum Gasteiger partial charge on any atom is 0.254 e. The molecule has 2 aliphatic rings.